The topological polar surface area (TPSA) is 148 Å². The first kappa shape index (κ1) is 58.2. The third-order valence-corrected chi connectivity index (χ3v) is 13.5. The maximum atomic E-state index is 11.4. The maximum absolute atomic E-state index is 11.4. The number of rotatable bonds is 8. The van der Waals surface area contributed by atoms with E-state index < -0.39 is 0 Å². The zero-order valence-electron chi connectivity index (χ0n) is 40.8. The largest absolute Gasteiger partial charge is 0.399 e. The highest BCUT2D eigenvalue weighted by atomic mass is 79.9. The Labute approximate surface area is 448 Å². The lowest BCUT2D eigenvalue weighted by Gasteiger charge is -2.32. The van der Waals surface area contributed by atoms with E-state index in [4.69, 9.17) is 5.73 Å². The van der Waals surface area contributed by atoms with Gasteiger partial charge in [0.2, 0.25) is 0 Å². The Bertz CT molecular complexity index is 2990. The molecule has 0 unspecified atom stereocenters. The van der Waals surface area contributed by atoms with E-state index >= 15 is 0 Å². The summed E-state index contributed by atoms with van der Waals surface area (Å²) in [7, 11) is 0. The highest BCUT2D eigenvalue weighted by Gasteiger charge is 2.27. The van der Waals surface area contributed by atoms with Gasteiger partial charge in [0.25, 0.3) is 11.4 Å². The average Bonchev–Trinajstić information content (AvgIpc) is 3.30. The van der Waals surface area contributed by atoms with E-state index in [0.717, 1.165) is 59.8 Å². The predicted octanol–water partition coefficient (Wildman–Crippen LogP) is 18.0. The van der Waals surface area contributed by atoms with Crippen LogP contribution >= 0.6 is 43.6 Å². The van der Waals surface area contributed by atoms with Crippen molar-refractivity contribution >= 4 is 94.5 Å². The quantitative estimate of drug-likeness (QED) is 0.0384. The second kappa shape index (κ2) is 24.8. The Morgan fingerprint density at radius 1 is 0.569 bits per heavy atom. The van der Waals surface area contributed by atoms with Crippen molar-refractivity contribution in [1.82, 2.24) is 0 Å². The van der Waals surface area contributed by atoms with Gasteiger partial charge in [-0.2, -0.15) is 11.8 Å². The molecule has 10 nitrogen and oxygen atoms in total. The second-order valence-corrected chi connectivity index (χ2v) is 21.8. The molecular weight excluding hydrogens is 1050 g/mol. The fraction of sp³-hybridized carbons (Fsp3) is 0.254. The molecule has 9 rings (SSSR count). The minimum absolute atomic E-state index is 0. The lowest BCUT2D eigenvalue weighted by molar-refractivity contribution is -0.384. The third-order valence-electron chi connectivity index (χ3n) is 11.5. The van der Waals surface area contributed by atoms with Crippen molar-refractivity contribution in [3.8, 4) is 22.3 Å². The Morgan fingerprint density at radius 3 is 1.43 bits per heavy atom. The summed E-state index contributed by atoms with van der Waals surface area (Å²) in [5.41, 5.74) is 19.9. The molecule has 0 saturated carbocycles. The summed E-state index contributed by atoms with van der Waals surface area (Å²) in [6, 6.07) is 39.6. The van der Waals surface area contributed by atoms with Crippen LogP contribution < -0.4 is 21.7 Å². The molecule has 3 heterocycles. The van der Waals surface area contributed by atoms with Crippen LogP contribution in [0.4, 0.5) is 34.1 Å². The Morgan fingerprint density at radius 2 is 0.972 bits per heavy atom. The van der Waals surface area contributed by atoms with Gasteiger partial charge in [-0.1, -0.05) is 107 Å². The van der Waals surface area contributed by atoms with Gasteiger partial charge in [-0.25, -0.2) is 0 Å². The van der Waals surface area contributed by atoms with Crippen LogP contribution in [-0.4, -0.2) is 38.0 Å². The number of nitro benzene ring substituents is 2. The first-order chi connectivity index (χ1) is 33.0. The van der Waals surface area contributed by atoms with E-state index in [0.29, 0.717) is 11.1 Å². The molecule has 0 aromatic heterocycles. The highest BCUT2D eigenvalue weighted by molar-refractivity contribution is 9.10. The van der Waals surface area contributed by atoms with Gasteiger partial charge < -0.3 is 21.7 Å². The Hall–Kier alpha value is -6.41. The number of thioether (sulfide) groups is 1. The molecular formula is C59H68Br2N6O4S. The van der Waals surface area contributed by atoms with Crippen molar-refractivity contribution in [3.05, 3.63) is 204 Å². The summed E-state index contributed by atoms with van der Waals surface area (Å²) < 4.78 is 2.19. The minimum atomic E-state index is -0.334. The van der Waals surface area contributed by atoms with Crippen LogP contribution in [-0.2, 0) is 0 Å². The highest BCUT2D eigenvalue weighted by Crippen LogP contribution is 2.41. The summed E-state index contributed by atoms with van der Waals surface area (Å²) in [5, 5.41) is 33.1. The molecule has 6 aromatic carbocycles. The molecule has 3 aliphatic heterocycles. The number of fused-ring (bicyclic) bond motifs is 3. The number of nitrogens with two attached hydrogens (primary N) is 1. The van der Waals surface area contributed by atoms with Crippen LogP contribution in [0.25, 0.3) is 39.0 Å². The molecule has 6 aromatic rings. The van der Waals surface area contributed by atoms with Gasteiger partial charge in [0.1, 0.15) is 0 Å². The zero-order valence-corrected chi connectivity index (χ0v) is 44.8. The lowest BCUT2D eigenvalue weighted by Crippen LogP contribution is -2.32. The zero-order chi connectivity index (χ0) is 51.0. The van der Waals surface area contributed by atoms with Crippen LogP contribution in [0.2, 0.25) is 0 Å². The summed E-state index contributed by atoms with van der Waals surface area (Å²) >= 11 is 8.59. The smallest absolute Gasteiger partial charge is 0.277 e. The summed E-state index contributed by atoms with van der Waals surface area (Å²) in [4.78, 5) is 21.9. The van der Waals surface area contributed by atoms with Crippen LogP contribution in [0, 0.1) is 20.2 Å². The molecule has 378 valence electrons. The first-order valence-corrected chi connectivity index (χ1v) is 25.5. The first-order valence-electron chi connectivity index (χ1n) is 22.8. The number of hydrogen-bond acceptors (Lipinski definition) is 9. The maximum Gasteiger partial charge on any atom is 0.277 e. The van der Waals surface area contributed by atoms with Gasteiger partial charge in [0, 0.05) is 72.0 Å². The SMILES string of the molecule is C.C.C=CCSCC1=CC(C)(C)Nc2ccc(-c3ccccc3[N+](=O)[O-])cc21.CC1=CC(C)(C)Nc2ccc(-c3ccccc3[N+](=O)[O-])cc21.CC1=CC(C)(C)Nc2ccc(Br)cc21.Nc1ccc(Br)cc1. The molecule has 13 heteroatoms. The standard InChI is InChI=1S/C21H22N2O2S.C18H18N2O2.C12H14BrN.C6H6BrN.2CH4/c1-4-11-26-14-16-13-21(2,3)22-19-10-9-15(12-18(16)19)17-7-5-6-8-20(17)23(24)25;1-12-11-18(2,3)19-16-9-8-13(10-15(12)16)14-6-4-5-7-17(14)20(21)22;1-8-7-12(2,3)14-11-5-4-9(13)6-10(8)11;7-5-1-3-6(8)4-2-5;;/h4-10,12-13,22H,1,11,14H2,2-3H3;4-11,19H,1-3H3;4-7,14H,1-3H3;1-4H,8H2;2*1H4. The van der Waals surface area contributed by atoms with Crippen molar-refractivity contribution < 1.29 is 9.85 Å². The number of nitrogen functional groups attached to an aromatic ring is 1. The van der Waals surface area contributed by atoms with Gasteiger partial charge in [0.05, 0.1) is 37.6 Å². The number of para-hydroxylation sites is 2. The normalized spacial score (nSPS) is 14.6. The van der Waals surface area contributed by atoms with Crippen LogP contribution in [0.5, 0.6) is 0 Å². The number of anilines is 4. The van der Waals surface area contributed by atoms with Crippen LogP contribution in [0.1, 0.15) is 86.9 Å². The van der Waals surface area contributed by atoms with Crippen LogP contribution in [0.3, 0.4) is 0 Å². The molecule has 0 amide bonds. The second-order valence-electron chi connectivity index (χ2n) is 19.0. The van der Waals surface area contributed by atoms with E-state index in [-0.39, 0.29) is 52.7 Å². The van der Waals surface area contributed by atoms with Gasteiger partial charge in [0.15, 0.2) is 0 Å². The molecule has 0 bridgehead atoms. The van der Waals surface area contributed by atoms with Crippen molar-refractivity contribution in [1.29, 1.82) is 0 Å². The molecule has 0 spiro atoms. The van der Waals surface area contributed by atoms with E-state index in [1.165, 1.54) is 28.0 Å². The molecule has 3 aliphatic rings. The summed E-state index contributed by atoms with van der Waals surface area (Å²) in [6.07, 6.45) is 8.59. The molecule has 5 N–H and O–H groups in total. The van der Waals surface area contributed by atoms with Crippen molar-refractivity contribution in [2.75, 3.05) is 33.2 Å². The third kappa shape index (κ3) is 15.3. The number of halogens is 2. The van der Waals surface area contributed by atoms with E-state index in [2.05, 4.69) is 152 Å². The number of allylic oxidation sites excluding steroid dienone is 2. The number of nitrogens with zero attached hydrogens (tertiary/aromatic N) is 2. The Kier molecular flexibility index (Phi) is 20.0. The van der Waals surface area contributed by atoms with Gasteiger partial charge >= 0.3 is 0 Å². The summed E-state index contributed by atoms with van der Waals surface area (Å²) in [5.74, 6) is 1.77. The van der Waals surface area contributed by atoms with E-state index in [1.54, 1.807) is 36.4 Å². The molecule has 0 fully saturated rings. The van der Waals surface area contributed by atoms with Crippen molar-refractivity contribution in [2.24, 2.45) is 0 Å². The average molecular weight is 1120 g/mol. The summed E-state index contributed by atoms with van der Waals surface area (Å²) in [6.45, 7) is 20.9. The minimum Gasteiger partial charge on any atom is -0.399 e. The number of hydrogen-bond donors (Lipinski definition) is 4. The fourth-order valence-electron chi connectivity index (χ4n) is 8.67. The molecule has 72 heavy (non-hydrogen) atoms. The van der Waals surface area contributed by atoms with E-state index in [9.17, 15) is 20.2 Å². The van der Waals surface area contributed by atoms with Crippen molar-refractivity contribution in [2.45, 2.75) is 86.9 Å². The lowest BCUT2D eigenvalue weighted by atomic mass is 9.89. The van der Waals surface area contributed by atoms with Gasteiger partial charge in [-0.3, -0.25) is 20.2 Å². The fourth-order valence-corrected chi connectivity index (χ4v) is 10.0. The predicted molar refractivity (Wildman–Crippen MR) is 319 cm³/mol. The van der Waals surface area contributed by atoms with Crippen molar-refractivity contribution in [3.63, 3.8) is 0 Å². The van der Waals surface area contributed by atoms with Gasteiger partial charge in [-0.05, 0) is 162 Å². The van der Waals surface area contributed by atoms with Gasteiger partial charge in [-0.15, -0.1) is 6.58 Å². The Balaban J connectivity index is 0.000000221. The van der Waals surface area contributed by atoms with Crippen LogP contribution in [0.15, 0.2) is 167 Å². The molecule has 0 saturated heterocycles. The molecule has 0 aliphatic carbocycles. The number of nitrogens with one attached hydrogen (secondary N) is 3. The number of benzene rings is 6. The number of nitro groups is 2. The monoisotopic (exact) mass is 1110 g/mol. The molecule has 0 atom stereocenters. The van der Waals surface area contributed by atoms with E-state index in [1.807, 2.05) is 84.6 Å². The molecule has 0 radical (unpaired) electrons.